The number of furan rings is 1. The van der Waals surface area contributed by atoms with Gasteiger partial charge in [0.05, 0.1) is 13.7 Å². The number of rotatable bonds is 6. The minimum absolute atomic E-state index is 0.150. The molecule has 0 aliphatic heterocycles. The van der Waals surface area contributed by atoms with E-state index in [1.807, 2.05) is 6.92 Å². The zero-order valence-corrected chi connectivity index (χ0v) is 10.4. The minimum Gasteiger partial charge on any atom is -0.465 e. The molecule has 1 atom stereocenters. The van der Waals surface area contributed by atoms with Crippen molar-refractivity contribution in [1.82, 2.24) is 5.32 Å². The summed E-state index contributed by atoms with van der Waals surface area (Å²) >= 11 is 0. The summed E-state index contributed by atoms with van der Waals surface area (Å²) in [5.41, 5.74) is 0.458. The number of aryl methyl sites for hydroxylation is 1. The molecule has 1 aromatic heterocycles. The highest BCUT2D eigenvalue weighted by atomic mass is 16.5. The molecule has 1 aromatic rings. The molecule has 0 amide bonds. The summed E-state index contributed by atoms with van der Waals surface area (Å²) in [7, 11) is 1.34. The fraction of sp³-hybridized carbons (Fsp3) is 0.583. The average molecular weight is 241 g/mol. The molecule has 0 saturated carbocycles. The molecule has 1 rings (SSSR count). The van der Waals surface area contributed by atoms with Crippen LogP contribution < -0.4 is 5.32 Å². The first kappa shape index (κ1) is 13.7. The van der Waals surface area contributed by atoms with Gasteiger partial charge in [-0.05, 0) is 18.9 Å². The average Bonchev–Trinajstić information content (AvgIpc) is 2.69. The molecular weight excluding hydrogens is 222 g/mol. The van der Waals surface area contributed by atoms with Crippen LogP contribution in [0.5, 0.6) is 0 Å². The molecule has 5 nitrogen and oxygen atoms in total. The van der Waals surface area contributed by atoms with Crippen LogP contribution in [0.25, 0.3) is 0 Å². The van der Waals surface area contributed by atoms with E-state index >= 15 is 0 Å². The molecule has 1 heterocycles. The van der Waals surface area contributed by atoms with E-state index in [1.54, 1.807) is 13.0 Å². The molecule has 96 valence electrons. The van der Waals surface area contributed by atoms with Gasteiger partial charge in [-0.3, -0.25) is 0 Å². The van der Waals surface area contributed by atoms with E-state index in [0.717, 1.165) is 0 Å². The lowest BCUT2D eigenvalue weighted by molar-refractivity contribution is 0.0599. The second-order valence-electron chi connectivity index (χ2n) is 4.09. The molecule has 0 bridgehead atoms. The predicted molar refractivity (Wildman–Crippen MR) is 62.7 cm³/mol. The predicted octanol–water partition coefficient (Wildman–Crippen LogP) is 1.09. The molecule has 0 aromatic carbocycles. The number of ether oxygens (including phenoxy) is 1. The van der Waals surface area contributed by atoms with Crippen LogP contribution in [0.1, 0.15) is 28.8 Å². The first-order chi connectivity index (χ1) is 8.08. The Labute approximate surface area is 101 Å². The van der Waals surface area contributed by atoms with Crippen LogP contribution in [-0.2, 0) is 11.3 Å². The third-order valence-corrected chi connectivity index (χ3v) is 2.48. The SMILES string of the molecule is COC(=O)c1cc(CNCC(C)CO)oc1C. The van der Waals surface area contributed by atoms with Crippen molar-refractivity contribution in [3.05, 3.63) is 23.2 Å². The summed E-state index contributed by atoms with van der Waals surface area (Å²) in [5.74, 6) is 1.06. The van der Waals surface area contributed by atoms with Gasteiger partial charge in [0.15, 0.2) is 0 Å². The van der Waals surface area contributed by atoms with E-state index in [0.29, 0.717) is 30.2 Å². The molecule has 2 N–H and O–H groups in total. The number of nitrogens with one attached hydrogen (secondary N) is 1. The lowest BCUT2D eigenvalue weighted by Gasteiger charge is -2.07. The molecule has 17 heavy (non-hydrogen) atoms. The lowest BCUT2D eigenvalue weighted by Crippen LogP contribution is -2.22. The van der Waals surface area contributed by atoms with E-state index in [4.69, 9.17) is 9.52 Å². The molecule has 0 aliphatic carbocycles. The Morgan fingerprint density at radius 3 is 2.94 bits per heavy atom. The number of esters is 1. The monoisotopic (exact) mass is 241 g/mol. The molecule has 0 spiro atoms. The van der Waals surface area contributed by atoms with Crippen LogP contribution in [0.2, 0.25) is 0 Å². The van der Waals surface area contributed by atoms with Gasteiger partial charge in [-0.15, -0.1) is 0 Å². The normalized spacial score (nSPS) is 12.5. The van der Waals surface area contributed by atoms with Crippen molar-refractivity contribution in [2.45, 2.75) is 20.4 Å². The highest BCUT2D eigenvalue weighted by Crippen LogP contribution is 2.15. The standard InChI is InChI=1S/C12H19NO4/c1-8(7-14)5-13-6-10-4-11(9(2)17-10)12(15)16-3/h4,8,13-14H,5-7H2,1-3H3. The molecule has 0 fully saturated rings. The number of aliphatic hydroxyl groups is 1. The molecule has 1 unspecified atom stereocenters. The molecule has 0 radical (unpaired) electrons. The summed E-state index contributed by atoms with van der Waals surface area (Å²) in [6.45, 7) is 5.05. The number of carbonyl (C=O) groups excluding carboxylic acids is 1. The van der Waals surface area contributed by atoms with Crippen LogP contribution in [0, 0.1) is 12.8 Å². The first-order valence-electron chi connectivity index (χ1n) is 5.57. The summed E-state index contributed by atoms with van der Waals surface area (Å²) in [6.07, 6.45) is 0. The Morgan fingerprint density at radius 2 is 2.35 bits per heavy atom. The Balaban J connectivity index is 2.53. The summed E-state index contributed by atoms with van der Waals surface area (Å²) in [5, 5.41) is 12.0. The van der Waals surface area contributed by atoms with Crippen LogP contribution in [0.15, 0.2) is 10.5 Å². The van der Waals surface area contributed by atoms with Gasteiger partial charge in [-0.25, -0.2) is 4.79 Å². The molecular formula is C12H19NO4. The van der Waals surface area contributed by atoms with Gasteiger partial charge < -0.3 is 19.6 Å². The zero-order chi connectivity index (χ0) is 12.8. The van der Waals surface area contributed by atoms with Crippen molar-refractivity contribution in [3.63, 3.8) is 0 Å². The maximum absolute atomic E-state index is 11.3. The van der Waals surface area contributed by atoms with Crippen molar-refractivity contribution < 1.29 is 19.1 Å². The highest BCUT2D eigenvalue weighted by molar-refractivity contribution is 5.90. The Kier molecular flexibility index (Phi) is 5.18. The maximum Gasteiger partial charge on any atom is 0.341 e. The van der Waals surface area contributed by atoms with Gasteiger partial charge in [0.1, 0.15) is 17.1 Å². The summed E-state index contributed by atoms with van der Waals surface area (Å²) in [6, 6.07) is 1.68. The molecule has 0 aliphatic rings. The van der Waals surface area contributed by atoms with Crippen molar-refractivity contribution in [2.24, 2.45) is 5.92 Å². The van der Waals surface area contributed by atoms with Crippen molar-refractivity contribution in [1.29, 1.82) is 0 Å². The fourth-order valence-corrected chi connectivity index (χ4v) is 1.45. The van der Waals surface area contributed by atoms with Gasteiger partial charge in [-0.2, -0.15) is 0 Å². The van der Waals surface area contributed by atoms with Crippen LogP contribution in [-0.4, -0.2) is 31.3 Å². The number of carbonyl (C=O) groups is 1. The van der Waals surface area contributed by atoms with Crippen molar-refractivity contribution >= 4 is 5.97 Å². The van der Waals surface area contributed by atoms with E-state index in [2.05, 4.69) is 10.1 Å². The quantitative estimate of drug-likeness (QED) is 0.729. The van der Waals surface area contributed by atoms with Gasteiger partial charge in [0.2, 0.25) is 0 Å². The second-order valence-corrected chi connectivity index (χ2v) is 4.09. The van der Waals surface area contributed by atoms with Crippen molar-refractivity contribution in [3.8, 4) is 0 Å². The largest absolute Gasteiger partial charge is 0.465 e. The van der Waals surface area contributed by atoms with Crippen LogP contribution >= 0.6 is 0 Å². The zero-order valence-electron chi connectivity index (χ0n) is 10.4. The molecule has 0 saturated heterocycles. The Morgan fingerprint density at radius 1 is 1.65 bits per heavy atom. The minimum atomic E-state index is -0.388. The van der Waals surface area contributed by atoms with Crippen LogP contribution in [0.4, 0.5) is 0 Å². The second kappa shape index (κ2) is 6.42. The van der Waals surface area contributed by atoms with Gasteiger partial charge >= 0.3 is 5.97 Å². The summed E-state index contributed by atoms with van der Waals surface area (Å²) in [4.78, 5) is 11.3. The topological polar surface area (TPSA) is 71.7 Å². The number of aliphatic hydroxyl groups excluding tert-OH is 1. The smallest absolute Gasteiger partial charge is 0.341 e. The third kappa shape index (κ3) is 3.87. The Hall–Kier alpha value is -1.33. The van der Waals surface area contributed by atoms with E-state index < -0.39 is 0 Å². The number of hydrogen-bond acceptors (Lipinski definition) is 5. The highest BCUT2D eigenvalue weighted by Gasteiger charge is 2.14. The van der Waals surface area contributed by atoms with E-state index in [-0.39, 0.29) is 18.5 Å². The fourth-order valence-electron chi connectivity index (χ4n) is 1.45. The Bertz CT molecular complexity index is 373. The maximum atomic E-state index is 11.3. The van der Waals surface area contributed by atoms with Crippen LogP contribution in [0.3, 0.4) is 0 Å². The van der Waals surface area contributed by atoms with Gasteiger partial charge in [0.25, 0.3) is 0 Å². The summed E-state index contributed by atoms with van der Waals surface area (Å²) < 4.78 is 10.1. The van der Waals surface area contributed by atoms with E-state index in [1.165, 1.54) is 7.11 Å². The van der Waals surface area contributed by atoms with E-state index in [9.17, 15) is 4.79 Å². The van der Waals surface area contributed by atoms with Gasteiger partial charge in [-0.1, -0.05) is 6.92 Å². The molecule has 5 heteroatoms. The number of methoxy groups -OCH3 is 1. The first-order valence-corrected chi connectivity index (χ1v) is 5.57. The van der Waals surface area contributed by atoms with Crippen molar-refractivity contribution in [2.75, 3.05) is 20.3 Å². The third-order valence-electron chi connectivity index (χ3n) is 2.48. The number of hydrogen-bond donors (Lipinski definition) is 2. The van der Waals surface area contributed by atoms with Gasteiger partial charge in [0, 0.05) is 13.2 Å². The lowest BCUT2D eigenvalue weighted by atomic mass is 10.2.